The fourth-order valence-corrected chi connectivity index (χ4v) is 5.06. The van der Waals surface area contributed by atoms with Crippen molar-refractivity contribution in [3.63, 3.8) is 0 Å². The Kier molecular flexibility index (Phi) is 10.1. The van der Waals surface area contributed by atoms with Crippen LogP contribution in [-0.2, 0) is 17.7 Å². The number of hydrogen-bond donors (Lipinski definition) is 5. The molecule has 5 rings (SSSR count). The predicted octanol–water partition coefficient (Wildman–Crippen LogP) is 4.68. The van der Waals surface area contributed by atoms with Crippen LogP contribution in [0.3, 0.4) is 0 Å². The second-order valence-corrected chi connectivity index (χ2v) is 10.7. The van der Waals surface area contributed by atoms with E-state index in [1.165, 1.54) is 18.1 Å². The van der Waals surface area contributed by atoms with Crippen LogP contribution in [0.1, 0.15) is 33.4 Å². The van der Waals surface area contributed by atoms with Crippen LogP contribution in [0.25, 0.3) is 16.9 Å². The van der Waals surface area contributed by atoms with Crippen molar-refractivity contribution in [3.8, 4) is 16.9 Å². The van der Waals surface area contributed by atoms with Crippen LogP contribution >= 0.6 is 23.2 Å². The van der Waals surface area contributed by atoms with E-state index in [2.05, 4.69) is 46.5 Å². The van der Waals surface area contributed by atoms with E-state index in [0.29, 0.717) is 44.6 Å². The molecule has 0 aliphatic rings. The summed E-state index contributed by atoms with van der Waals surface area (Å²) in [6, 6.07) is 17.9. The molecule has 0 saturated heterocycles. The molecule has 0 bridgehead atoms. The molecule has 5 N–H and O–H groups in total. The van der Waals surface area contributed by atoms with Gasteiger partial charge in [0.15, 0.2) is 0 Å². The molecule has 14 nitrogen and oxygen atoms in total. The minimum absolute atomic E-state index is 0.108. The molecule has 0 aliphatic carbocycles. The summed E-state index contributed by atoms with van der Waals surface area (Å²) >= 11 is 12.8. The average molecular weight is 664 g/mol. The standard InChI is InChI=1S/C30H28Cl2N10O4/c1-33-28(43)19-5-3-4-17(12-19)13-23(27-38-25(26(32)39-27)18-6-9-22(10-7-18)36-30(45)46-2)37-29(44)34-15-20-14-21(31)8-11-24(20)42-16-35-40-41-42/h3-12,14,16,23H,13,15H2,1-2H3,(H,33,43)(H,36,45)(H,38,39)(H2,34,37,44)/t23-/m0/s1. The molecule has 1 atom stereocenters. The van der Waals surface area contributed by atoms with Crippen LogP contribution in [0.15, 0.2) is 73.1 Å². The molecule has 0 aliphatic heterocycles. The number of urea groups is 1. The number of methoxy groups -OCH3 is 1. The Morgan fingerprint density at radius 1 is 1.04 bits per heavy atom. The van der Waals surface area contributed by atoms with E-state index in [4.69, 9.17) is 28.2 Å². The molecule has 3 aromatic carbocycles. The molecule has 2 heterocycles. The summed E-state index contributed by atoms with van der Waals surface area (Å²) in [5.41, 5.74) is 4.21. The van der Waals surface area contributed by atoms with E-state index in [-0.39, 0.29) is 24.0 Å². The lowest BCUT2D eigenvalue weighted by Gasteiger charge is -2.18. The molecule has 0 fully saturated rings. The third-order valence-corrected chi connectivity index (χ3v) is 7.34. The van der Waals surface area contributed by atoms with Gasteiger partial charge in [0.1, 0.15) is 23.0 Å². The molecular formula is C30H28Cl2N10O4. The van der Waals surface area contributed by atoms with Crippen molar-refractivity contribution in [1.29, 1.82) is 0 Å². The molecule has 46 heavy (non-hydrogen) atoms. The van der Waals surface area contributed by atoms with Gasteiger partial charge >= 0.3 is 12.1 Å². The van der Waals surface area contributed by atoms with E-state index in [1.807, 2.05) is 6.07 Å². The first kappa shape index (κ1) is 31.9. The van der Waals surface area contributed by atoms with Crippen molar-refractivity contribution < 1.29 is 19.1 Å². The topological polar surface area (TPSA) is 181 Å². The number of imidazole rings is 1. The number of tetrazole rings is 1. The lowest BCUT2D eigenvalue weighted by atomic mass is 10.0. The zero-order valence-electron chi connectivity index (χ0n) is 24.5. The molecule has 2 aromatic heterocycles. The second kappa shape index (κ2) is 14.5. The monoisotopic (exact) mass is 662 g/mol. The summed E-state index contributed by atoms with van der Waals surface area (Å²) in [6.07, 6.45) is 1.12. The number of aromatic amines is 1. The number of carbonyl (C=O) groups excluding carboxylic acids is 3. The third-order valence-electron chi connectivity index (χ3n) is 6.84. The van der Waals surface area contributed by atoms with Gasteiger partial charge in [0.2, 0.25) is 0 Å². The number of nitrogens with one attached hydrogen (secondary N) is 5. The zero-order valence-corrected chi connectivity index (χ0v) is 26.1. The van der Waals surface area contributed by atoms with Crippen molar-refractivity contribution in [1.82, 2.24) is 46.1 Å². The van der Waals surface area contributed by atoms with Crippen LogP contribution in [-0.4, -0.2) is 62.4 Å². The minimum atomic E-state index is -0.690. The molecule has 16 heteroatoms. The first-order valence-corrected chi connectivity index (χ1v) is 14.6. The van der Waals surface area contributed by atoms with Crippen LogP contribution in [0.5, 0.6) is 0 Å². The first-order chi connectivity index (χ1) is 22.2. The summed E-state index contributed by atoms with van der Waals surface area (Å²) in [5.74, 6) is 0.145. The zero-order chi connectivity index (χ0) is 32.6. The number of amides is 4. The number of aromatic nitrogens is 6. The number of carbonyl (C=O) groups is 3. The number of nitrogens with zero attached hydrogens (tertiary/aromatic N) is 5. The smallest absolute Gasteiger partial charge is 0.411 e. The van der Waals surface area contributed by atoms with E-state index in [0.717, 1.165) is 5.56 Å². The van der Waals surface area contributed by atoms with Gasteiger partial charge in [0, 0.05) is 35.4 Å². The summed E-state index contributed by atoms with van der Waals surface area (Å²) in [6.45, 7) is 0.108. The van der Waals surface area contributed by atoms with Gasteiger partial charge in [-0.05, 0) is 70.4 Å². The summed E-state index contributed by atoms with van der Waals surface area (Å²) < 4.78 is 6.10. The number of ether oxygens (including phenoxy) is 1. The third kappa shape index (κ3) is 7.78. The van der Waals surface area contributed by atoms with Crippen molar-refractivity contribution in [3.05, 3.63) is 106 Å². The molecule has 5 aromatic rings. The summed E-state index contributed by atoms with van der Waals surface area (Å²) in [4.78, 5) is 45.0. The van der Waals surface area contributed by atoms with Crippen molar-refractivity contribution in [2.45, 2.75) is 19.0 Å². The molecule has 0 unspecified atom stereocenters. The highest BCUT2D eigenvalue weighted by Crippen LogP contribution is 2.30. The number of hydrogen-bond acceptors (Lipinski definition) is 8. The van der Waals surface area contributed by atoms with E-state index < -0.39 is 18.2 Å². The maximum absolute atomic E-state index is 13.3. The lowest BCUT2D eigenvalue weighted by Crippen LogP contribution is -2.39. The number of benzene rings is 3. The normalized spacial score (nSPS) is 11.4. The first-order valence-electron chi connectivity index (χ1n) is 13.8. The Hall–Kier alpha value is -5.47. The minimum Gasteiger partial charge on any atom is -0.453 e. The fourth-order valence-electron chi connectivity index (χ4n) is 4.62. The Labute approximate surface area is 272 Å². The number of anilines is 1. The fraction of sp³-hybridized carbons (Fsp3) is 0.167. The van der Waals surface area contributed by atoms with E-state index in [1.54, 1.807) is 67.7 Å². The Morgan fingerprint density at radius 3 is 2.57 bits per heavy atom. The van der Waals surface area contributed by atoms with Gasteiger partial charge in [0.25, 0.3) is 5.91 Å². The largest absolute Gasteiger partial charge is 0.453 e. The van der Waals surface area contributed by atoms with Crippen LogP contribution < -0.4 is 21.3 Å². The Balaban J connectivity index is 1.39. The molecule has 0 saturated carbocycles. The number of halogens is 2. The van der Waals surface area contributed by atoms with Gasteiger partial charge in [-0.15, -0.1) is 5.10 Å². The molecule has 0 radical (unpaired) electrons. The van der Waals surface area contributed by atoms with Crippen molar-refractivity contribution in [2.24, 2.45) is 0 Å². The van der Waals surface area contributed by atoms with Crippen molar-refractivity contribution in [2.75, 3.05) is 19.5 Å². The second-order valence-electron chi connectivity index (χ2n) is 9.87. The van der Waals surface area contributed by atoms with Crippen LogP contribution in [0, 0.1) is 0 Å². The van der Waals surface area contributed by atoms with Crippen molar-refractivity contribution >= 4 is 46.9 Å². The summed E-state index contributed by atoms with van der Waals surface area (Å²) in [7, 11) is 2.83. The highest BCUT2D eigenvalue weighted by atomic mass is 35.5. The number of rotatable bonds is 10. The van der Waals surface area contributed by atoms with Gasteiger partial charge in [-0.3, -0.25) is 10.1 Å². The molecule has 0 spiro atoms. The highest BCUT2D eigenvalue weighted by molar-refractivity contribution is 6.32. The molecule has 236 valence electrons. The predicted molar refractivity (Wildman–Crippen MR) is 171 cm³/mol. The van der Waals surface area contributed by atoms with Crippen LogP contribution in [0.4, 0.5) is 15.3 Å². The Morgan fingerprint density at radius 2 is 1.85 bits per heavy atom. The highest BCUT2D eigenvalue weighted by Gasteiger charge is 2.22. The molecular weight excluding hydrogens is 635 g/mol. The van der Waals surface area contributed by atoms with Gasteiger partial charge in [-0.2, -0.15) is 0 Å². The van der Waals surface area contributed by atoms with Crippen LogP contribution in [0.2, 0.25) is 10.2 Å². The SMILES string of the molecule is CNC(=O)c1cccc(C[C@H](NC(=O)NCc2cc(Cl)ccc2-n2cnnn2)c2nc(-c3ccc(NC(=O)OC)cc3)c(Cl)[nH]2)c1. The maximum atomic E-state index is 13.3. The van der Waals surface area contributed by atoms with Gasteiger partial charge < -0.3 is 25.7 Å². The average Bonchev–Trinajstić information content (AvgIpc) is 3.74. The van der Waals surface area contributed by atoms with E-state index >= 15 is 0 Å². The van der Waals surface area contributed by atoms with Gasteiger partial charge in [0.05, 0.1) is 18.8 Å². The molecule has 4 amide bonds. The quantitative estimate of drug-likeness (QED) is 0.143. The lowest BCUT2D eigenvalue weighted by molar-refractivity contribution is 0.0963. The van der Waals surface area contributed by atoms with Gasteiger partial charge in [-0.25, -0.2) is 19.3 Å². The van der Waals surface area contributed by atoms with E-state index in [9.17, 15) is 14.4 Å². The number of H-pyrrole nitrogens is 1. The van der Waals surface area contributed by atoms with Gasteiger partial charge in [-0.1, -0.05) is 47.5 Å². The summed E-state index contributed by atoms with van der Waals surface area (Å²) in [5, 5.41) is 23.0. The maximum Gasteiger partial charge on any atom is 0.411 e. The Bertz CT molecular complexity index is 1840.